The average Bonchev–Trinajstić information content (AvgIpc) is 3.15. The molecule has 0 radical (unpaired) electrons. The average molecular weight is 344 g/mol. The van der Waals surface area contributed by atoms with Crippen molar-refractivity contribution in [2.75, 3.05) is 19.0 Å². The van der Waals surface area contributed by atoms with Crippen LogP contribution in [0.1, 0.15) is 23.3 Å². The van der Waals surface area contributed by atoms with E-state index in [-0.39, 0.29) is 5.41 Å². The summed E-state index contributed by atoms with van der Waals surface area (Å²) in [5, 5.41) is 7.42. The second-order valence-electron chi connectivity index (χ2n) is 6.10. The Bertz CT molecular complexity index is 752. The quantitative estimate of drug-likeness (QED) is 0.820. The Kier molecular flexibility index (Phi) is 4.57. The fourth-order valence-electron chi connectivity index (χ4n) is 2.67. The first kappa shape index (κ1) is 16.5. The van der Waals surface area contributed by atoms with Gasteiger partial charge in [0.1, 0.15) is 5.75 Å². The molecule has 1 heterocycles. The predicted molar refractivity (Wildman–Crippen MR) is 94.6 cm³/mol. The lowest BCUT2D eigenvalue weighted by Gasteiger charge is -2.15. The van der Waals surface area contributed by atoms with Crippen molar-refractivity contribution in [3.05, 3.63) is 46.2 Å². The van der Waals surface area contributed by atoms with Gasteiger partial charge in [-0.1, -0.05) is 12.1 Å². The molecule has 1 aromatic carbocycles. The third-order valence-electron chi connectivity index (χ3n) is 4.29. The van der Waals surface area contributed by atoms with Crippen LogP contribution in [-0.2, 0) is 15.0 Å². The van der Waals surface area contributed by atoms with Crippen LogP contribution in [-0.4, -0.2) is 25.5 Å². The number of aryl methyl sites for hydroxylation is 1. The first-order chi connectivity index (χ1) is 11.5. The largest absolute Gasteiger partial charge is 0.495 e. The van der Waals surface area contributed by atoms with Crippen LogP contribution < -0.4 is 15.4 Å². The number of benzene rings is 1. The standard InChI is InChI=1S/C18H20N2O3S/c1-12-5-6-14(23-2)13(10-12)20-17(22)16(21)19-11-18(7-8-18)15-4-3-9-24-15/h3-6,9-10H,7-8,11H2,1-2H3,(H,19,21)(H,20,22). The molecule has 1 saturated carbocycles. The molecular weight excluding hydrogens is 324 g/mol. The molecule has 0 saturated heterocycles. The summed E-state index contributed by atoms with van der Waals surface area (Å²) in [7, 11) is 1.53. The summed E-state index contributed by atoms with van der Waals surface area (Å²) in [6.07, 6.45) is 2.09. The van der Waals surface area contributed by atoms with Crippen LogP contribution >= 0.6 is 11.3 Å². The molecule has 24 heavy (non-hydrogen) atoms. The number of nitrogens with one attached hydrogen (secondary N) is 2. The van der Waals surface area contributed by atoms with Gasteiger partial charge in [-0.2, -0.15) is 0 Å². The first-order valence-electron chi connectivity index (χ1n) is 7.82. The van der Waals surface area contributed by atoms with Crippen molar-refractivity contribution in [2.24, 2.45) is 0 Å². The van der Waals surface area contributed by atoms with Crippen LogP contribution in [0, 0.1) is 6.92 Å². The molecule has 2 N–H and O–H groups in total. The molecule has 3 rings (SSSR count). The Morgan fingerprint density at radius 1 is 1.25 bits per heavy atom. The van der Waals surface area contributed by atoms with Crippen LogP contribution in [0.2, 0.25) is 0 Å². The summed E-state index contributed by atoms with van der Waals surface area (Å²) in [6, 6.07) is 9.52. The minimum Gasteiger partial charge on any atom is -0.495 e. The maximum atomic E-state index is 12.1. The van der Waals surface area contributed by atoms with Crippen molar-refractivity contribution in [3.63, 3.8) is 0 Å². The third kappa shape index (κ3) is 3.43. The summed E-state index contributed by atoms with van der Waals surface area (Å²) < 4.78 is 5.21. The van der Waals surface area contributed by atoms with Gasteiger partial charge in [0, 0.05) is 16.8 Å². The molecule has 1 aromatic heterocycles. The van der Waals surface area contributed by atoms with E-state index in [0.29, 0.717) is 18.0 Å². The predicted octanol–water partition coefficient (Wildman–Crippen LogP) is 2.85. The number of amides is 2. The lowest BCUT2D eigenvalue weighted by Crippen LogP contribution is -2.39. The monoisotopic (exact) mass is 344 g/mol. The number of hydrogen-bond acceptors (Lipinski definition) is 4. The third-order valence-corrected chi connectivity index (χ3v) is 5.41. The Morgan fingerprint density at radius 3 is 2.67 bits per heavy atom. The zero-order valence-corrected chi connectivity index (χ0v) is 14.5. The summed E-state index contributed by atoms with van der Waals surface area (Å²) in [4.78, 5) is 25.5. The number of anilines is 1. The number of rotatable bonds is 5. The van der Waals surface area contributed by atoms with Gasteiger partial charge >= 0.3 is 11.8 Å². The Hall–Kier alpha value is -2.34. The first-order valence-corrected chi connectivity index (χ1v) is 8.70. The Labute approximate surface area is 145 Å². The minimum atomic E-state index is -0.680. The van der Waals surface area contributed by atoms with Crippen LogP contribution in [0.3, 0.4) is 0 Å². The normalized spacial score (nSPS) is 14.8. The van der Waals surface area contributed by atoms with E-state index in [1.807, 2.05) is 24.4 Å². The molecule has 5 nitrogen and oxygen atoms in total. The van der Waals surface area contributed by atoms with Gasteiger partial charge in [0.25, 0.3) is 0 Å². The molecule has 126 valence electrons. The van der Waals surface area contributed by atoms with E-state index in [0.717, 1.165) is 18.4 Å². The van der Waals surface area contributed by atoms with Gasteiger partial charge in [-0.15, -0.1) is 11.3 Å². The van der Waals surface area contributed by atoms with E-state index in [4.69, 9.17) is 4.74 Å². The second kappa shape index (κ2) is 6.65. The molecule has 1 fully saturated rings. The molecule has 1 aliphatic rings. The summed E-state index contributed by atoms with van der Waals surface area (Å²) in [5.41, 5.74) is 1.49. The maximum absolute atomic E-state index is 12.1. The van der Waals surface area contributed by atoms with E-state index in [1.165, 1.54) is 12.0 Å². The number of thiophene rings is 1. The molecule has 2 aromatic rings. The highest BCUT2D eigenvalue weighted by Gasteiger charge is 2.45. The van der Waals surface area contributed by atoms with Crippen molar-refractivity contribution in [2.45, 2.75) is 25.2 Å². The molecule has 0 bridgehead atoms. The highest BCUT2D eigenvalue weighted by molar-refractivity contribution is 7.10. The molecule has 0 atom stereocenters. The number of carbonyl (C=O) groups excluding carboxylic acids is 2. The molecule has 1 aliphatic carbocycles. The van der Waals surface area contributed by atoms with Gasteiger partial charge in [-0.3, -0.25) is 9.59 Å². The van der Waals surface area contributed by atoms with Crippen LogP contribution in [0.5, 0.6) is 5.75 Å². The topological polar surface area (TPSA) is 67.4 Å². The van der Waals surface area contributed by atoms with E-state index < -0.39 is 11.8 Å². The van der Waals surface area contributed by atoms with E-state index in [9.17, 15) is 9.59 Å². The molecule has 0 spiro atoms. The van der Waals surface area contributed by atoms with E-state index in [1.54, 1.807) is 23.5 Å². The lowest BCUT2D eigenvalue weighted by atomic mass is 10.1. The van der Waals surface area contributed by atoms with Crippen LogP contribution in [0.25, 0.3) is 0 Å². The van der Waals surface area contributed by atoms with Gasteiger partial charge < -0.3 is 15.4 Å². The molecule has 2 amide bonds. The number of carbonyl (C=O) groups is 2. The van der Waals surface area contributed by atoms with Gasteiger partial charge in [0.15, 0.2) is 0 Å². The number of hydrogen-bond donors (Lipinski definition) is 2. The number of ether oxygens (including phenoxy) is 1. The van der Waals surface area contributed by atoms with E-state index >= 15 is 0 Å². The fourth-order valence-corrected chi connectivity index (χ4v) is 3.66. The zero-order valence-electron chi connectivity index (χ0n) is 13.7. The zero-order chi connectivity index (χ0) is 17.2. The lowest BCUT2D eigenvalue weighted by molar-refractivity contribution is -0.136. The minimum absolute atomic E-state index is 0.0190. The highest BCUT2D eigenvalue weighted by Crippen LogP contribution is 2.49. The molecule has 6 heteroatoms. The summed E-state index contributed by atoms with van der Waals surface area (Å²) >= 11 is 1.69. The maximum Gasteiger partial charge on any atom is 0.313 e. The van der Waals surface area contributed by atoms with Crippen molar-refractivity contribution in [1.82, 2.24) is 5.32 Å². The SMILES string of the molecule is COc1ccc(C)cc1NC(=O)C(=O)NCC1(c2cccs2)CC1. The van der Waals surface area contributed by atoms with Crippen molar-refractivity contribution < 1.29 is 14.3 Å². The molecule has 0 unspecified atom stereocenters. The van der Waals surface area contributed by atoms with Gasteiger partial charge in [0.2, 0.25) is 0 Å². The van der Waals surface area contributed by atoms with Crippen molar-refractivity contribution >= 4 is 28.8 Å². The fraction of sp³-hybridized carbons (Fsp3) is 0.333. The molecule has 0 aliphatic heterocycles. The molecular formula is C18H20N2O3S. The van der Waals surface area contributed by atoms with Gasteiger partial charge in [-0.25, -0.2) is 0 Å². The van der Waals surface area contributed by atoms with Gasteiger partial charge in [-0.05, 0) is 48.9 Å². The Morgan fingerprint density at radius 2 is 2.04 bits per heavy atom. The summed E-state index contributed by atoms with van der Waals surface area (Å²) in [5.74, 6) is -0.777. The smallest absolute Gasteiger partial charge is 0.313 e. The van der Waals surface area contributed by atoms with Crippen molar-refractivity contribution in [1.29, 1.82) is 0 Å². The van der Waals surface area contributed by atoms with Gasteiger partial charge in [0.05, 0.1) is 12.8 Å². The Balaban J connectivity index is 1.60. The highest BCUT2D eigenvalue weighted by atomic mass is 32.1. The van der Waals surface area contributed by atoms with Crippen molar-refractivity contribution in [3.8, 4) is 5.75 Å². The van der Waals surface area contributed by atoms with Crippen LogP contribution in [0.15, 0.2) is 35.7 Å². The number of methoxy groups -OCH3 is 1. The van der Waals surface area contributed by atoms with Crippen LogP contribution in [0.4, 0.5) is 5.69 Å². The van der Waals surface area contributed by atoms with E-state index in [2.05, 4.69) is 16.7 Å². The summed E-state index contributed by atoms with van der Waals surface area (Å²) in [6.45, 7) is 2.40. The second-order valence-corrected chi connectivity index (χ2v) is 7.05.